The minimum absolute atomic E-state index is 0.644. The molecule has 2 aliphatic heterocycles. The maximum atomic E-state index is 5.73. The van der Waals surface area contributed by atoms with E-state index in [0.29, 0.717) is 13.2 Å². The van der Waals surface area contributed by atoms with Crippen molar-refractivity contribution in [2.24, 2.45) is 0 Å². The Morgan fingerprint density at radius 2 is 1.90 bits per heavy atom. The standard InChI is InChI=1S/C16H25N3O2/c1-18-7-9-19(10-8-18)6-5-17-13-14-3-2-4-15-16(14)21-12-11-20-15/h2-4,17H,5-13H2,1H3. The van der Waals surface area contributed by atoms with Crippen LogP contribution in [0.25, 0.3) is 0 Å². The minimum Gasteiger partial charge on any atom is -0.486 e. The molecule has 0 radical (unpaired) electrons. The highest BCUT2D eigenvalue weighted by molar-refractivity contribution is 5.47. The molecule has 5 heteroatoms. The lowest BCUT2D eigenvalue weighted by Crippen LogP contribution is -2.46. The molecule has 2 heterocycles. The molecule has 5 nitrogen and oxygen atoms in total. The summed E-state index contributed by atoms with van der Waals surface area (Å²) in [5, 5.41) is 3.52. The van der Waals surface area contributed by atoms with Crippen LogP contribution in [0.15, 0.2) is 18.2 Å². The Labute approximate surface area is 126 Å². The van der Waals surface area contributed by atoms with Gasteiger partial charge in [-0.25, -0.2) is 0 Å². The van der Waals surface area contributed by atoms with Crippen molar-refractivity contribution in [2.75, 3.05) is 59.5 Å². The van der Waals surface area contributed by atoms with Crippen molar-refractivity contribution in [2.45, 2.75) is 6.54 Å². The molecule has 116 valence electrons. The van der Waals surface area contributed by atoms with Crippen molar-refractivity contribution in [1.82, 2.24) is 15.1 Å². The zero-order valence-corrected chi connectivity index (χ0v) is 12.8. The molecule has 2 aliphatic rings. The highest BCUT2D eigenvalue weighted by Crippen LogP contribution is 2.33. The Bertz CT molecular complexity index is 459. The lowest BCUT2D eigenvalue weighted by molar-refractivity contribution is 0.154. The predicted octanol–water partition coefficient (Wildman–Crippen LogP) is 0.795. The van der Waals surface area contributed by atoms with E-state index in [9.17, 15) is 0 Å². The molecule has 3 rings (SSSR count). The van der Waals surface area contributed by atoms with Gasteiger partial charge >= 0.3 is 0 Å². The summed E-state index contributed by atoms with van der Waals surface area (Å²) >= 11 is 0. The van der Waals surface area contributed by atoms with Gasteiger partial charge in [0.1, 0.15) is 13.2 Å². The van der Waals surface area contributed by atoms with Gasteiger partial charge in [-0.1, -0.05) is 12.1 Å². The monoisotopic (exact) mass is 291 g/mol. The predicted molar refractivity (Wildman–Crippen MR) is 83.1 cm³/mol. The lowest BCUT2D eigenvalue weighted by Gasteiger charge is -2.32. The first-order valence-electron chi connectivity index (χ1n) is 7.82. The summed E-state index contributed by atoms with van der Waals surface area (Å²) in [7, 11) is 2.19. The second-order valence-electron chi connectivity index (χ2n) is 5.76. The van der Waals surface area contributed by atoms with Crippen LogP contribution in [0.1, 0.15) is 5.56 Å². The summed E-state index contributed by atoms with van der Waals surface area (Å²) in [6.45, 7) is 8.95. The number of hydrogen-bond donors (Lipinski definition) is 1. The van der Waals surface area contributed by atoms with E-state index in [4.69, 9.17) is 9.47 Å². The molecule has 1 aromatic carbocycles. The minimum atomic E-state index is 0.644. The first-order valence-corrected chi connectivity index (χ1v) is 7.82. The molecule has 21 heavy (non-hydrogen) atoms. The van der Waals surface area contributed by atoms with Gasteiger partial charge in [0.05, 0.1) is 0 Å². The van der Waals surface area contributed by atoms with Crippen LogP contribution in [-0.2, 0) is 6.54 Å². The van der Waals surface area contributed by atoms with Crippen LogP contribution >= 0.6 is 0 Å². The smallest absolute Gasteiger partial charge is 0.165 e. The van der Waals surface area contributed by atoms with Gasteiger partial charge < -0.3 is 19.7 Å². The third kappa shape index (κ3) is 3.87. The number of piperazine rings is 1. The molecule has 1 fully saturated rings. The van der Waals surface area contributed by atoms with Crippen molar-refractivity contribution in [3.8, 4) is 11.5 Å². The van der Waals surface area contributed by atoms with E-state index in [-0.39, 0.29) is 0 Å². The Kier molecular flexibility index (Phi) is 4.95. The summed E-state index contributed by atoms with van der Waals surface area (Å²) in [5.74, 6) is 1.79. The molecule has 0 atom stereocenters. The molecule has 0 spiro atoms. The molecular weight excluding hydrogens is 266 g/mol. The summed E-state index contributed by atoms with van der Waals surface area (Å²) in [6.07, 6.45) is 0. The van der Waals surface area contributed by atoms with E-state index in [1.807, 2.05) is 12.1 Å². The second kappa shape index (κ2) is 7.11. The normalized spacial score (nSPS) is 19.7. The lowest BCUT2D eigenvalue weighted by atomic mass is 10.1. The Hall–Kier alpha value is -1.30. The van der Waals surface area contributed by atoms with Crippen LogP contribution in [0.2, 0.25) is 0 Å². The quantitative estimate of drug-likeness (QED) is 0.812. The second-order valence-corrected chi connectivity index (χ2v) is 5.76. The fourth-order valence-electron chi connectivity index (χ4n) is 2.81. The highest BCUT2D eigenvalue weighted by atomic mass is 16.6. The molecule has 0 bridgehead atoms. The number of nitrogens with one attached hydrogen (secondary N) is 1. The average molecular weight is 291 g/mol. The molecular formula is C16H25N3O2. The van der Waals surface area contributed by atoms with Crippen LogP contribution in [0, 0.1) is 0 Å². The van der Waals surface area contributed by atoms with E-state index < -0.39 is 0 Å². The first-order chi connectivity index (χ1) is 10.3. The fraction of sp³-hybridized carbons (Fsp3) is 0.625. The van der Waals surface area contributed by atoms with Crippen molar-refractivity contribution in [3.63, 3.8) is 0 Å². The number of nitrogens with zero attached hydrogens (tertiary/aromatic N) is 2. The Morgan fingerprint density at radius 3 is 2.76 bits per heavy atom. The van der Waals surface area contributed by atoms with Crippen LogP contribution in [0.5, 0.6) is 11.5 Å². The van der Waals surface area contributed by atoms with Gasteiger partial charge in [0.25, 0.3) is 0 Å². The summed E-state index contributed by atoms with van der Waals surface area (Å²) < 4.78 is 11.3. The summed E-state index contributed by atoms with van der Waals surface area (Å²) in [5.41, 5.74) is 1.19. The van der Waals surface area contributed by atoms with Crippen molar-refractivity contribution < 1.29 is 9.47 Å². The molecule has 0 aromatic heterocycles. The fourth-order valence-corrected chi connectivity index (χ4v) is 2.81. The highest BCUT2D eigenvalue weighted by Gasteiger charge is 2.16. The summed E-state index contributed by atoms with van der Waals surface area (Å²) in [6, 6.07) is 6.11. The Balaban J connectivity index is 1.43. The van der Waals surface area contributed by atoms with E-state index >= 15 is 0 Å². The Morgan fingerprint density at radius 1 is 1.10 bits per heavy atom. The van der Waals surface area contributed by atoms with E-state index in [2.05, 4.69) is 28.2 Å². The zero-order valence-electron chi connectivity index (χ0n) is 12.8. The van der Waals surface area contributed by atoms with Gasteiger partial charge in [-0.15, -0.1) is 0 Å². The number of ether oxygens (including phenoxy) is 2. The first kappa shape index (κ1) is 14.6. The van der Waals surface area contributed by atoms with Crippen LogP contribution in [0.3, 0.4) is 0 Å². The van der Waals surface area contributed by atoms with Gasteiger partial charge in [-0.05, 0) is 13.1 Å². The maximum Gasteiger partial charge on any atom is 0.165 e. The number of para-hydroxylation sites is 1. The molecule has 1 aromatic rings. The molecule has 1 N–H and O–H groups in total. The molecule has 0 saturated carbocycles. The van der Waals surface area contributed by atoms with Crippen LogP contribution < -0.4 is 14.8 Å². The molecule has 1 saturated heterocycles. The largest absolute Gasteiger partial charge is 0.486 e. The third-order valence-corrected chi connectivity index (χ3v) is 4.16. The van der Waals surface area contributed by atoms with Gasteiger partial charge in [0, 0.05) is 51.4 Å². The average Bonchev–Trinajstić information content (AvgIpc) is 2.53. The van der Waals surface area contributed by atoms with Crippen LogP contribution in [0.4, 0.5) is 0 Å². The van der Waals surface area contributed by atoms with Crippen molar-refractivity contribution >= 4 is 0 Å². The maximum absolute atomic E-state index is 5.73. The molecule has 0 aliphatic carbocycles. The van der Waals surface area contributed by atoms with Crippen molar-refractivity contribution in [3.05, 3.63) is 23.8 Å². The van der Waals surface area contributed by atoms with E-state index in [1.165, 1.54) is 31.7 Å². The molecule has 0 amide bonds. The number of benzene rings is 1. The zero-order chi connectivity index (χ0) is 14.5. The van der Waals surface area contributed by atoms with E-state index in [1.54, 1.807) is 0 Å². The van der Waals surface area contributed by atoms with Crippen LogP contribution in [-0.4, -0.2) is 69.3 Å². The number of rotatable bonds is 5. The van der Waals surface area contributed by atoms with E-state index in [0.717, 1.165) is 31.1 Å². The van der Waals surface area contributed by atoms with Gasteiger partial charge in [0.2, 0.25) is 0 Å². The van der Waals surface area contributed by atoms with Crippen molar-refractivity contribution in [1.29, 1.82) is 0 Å². The topological polar surface area (TPSA) is 37.0 Å². The number of hydrogen-bond acceptors (Lipinski definition) is 5. The SMILES string of the molecule is CN1CCN(CCNCc2cccc3c2OCCO3)CC1. The van der Waals surface area contributed by atoms with Gasteiger partial charge in [-0.3, -0.25) is 4.90 Å². The third-order valence-electron chi connectivity index (χ3n) is 4.16. The summed E-state index contributed by atoms with van der Waals surface area (Å²) in [4.78, 5) is 4.91. The van der Waals surface area contributed by atoms with Gasteiger partial charge in [-0.2, -0.15) is 0 Å². The molecule has 0 unspecified atom stereocenters. The number of fused-ring (bicyclic) bond motifs is 1. The van der Waals surface area contributed by atoms with Gasteiger partial charge in [0.15, 0.2) is 11.5 Å². The number of likely N-dealkylation sites (N-methyl/N-ethyl adjacent to an activating group) is 1.